The van der Waals surface area contributed by atoms with Crippen LogP contribution in [0.25, 0.3) is 0 Å². The van der Waals surface area contributed by atoms with E-state index in [2.05, 4.69) is 68.5 Å². The van der Waals surface area contributed by atoms with E-state index in [1.54, 1.807) is 0 Å². The molecule has 1 aliphatic rings. The van der Waals surface area contributed by atoms with Gasteiger partial charge in [-0.3, -0.25) is 0 Å². The Bertz CT molecular complexity index is 362. The molecular weight excluding hydrogens is 199 g/mol. The molecule has 1 aromatic carbocycles. The minimum Gasteiger partial charge on any atom is -0.0837 e. The Morgan fingerprint density at radius 1 is 1.00 bits per heavy atom. The molecule has 0 saturated heterocycles. The number of hydrogen-bond donors (Lipinski definition) is 0. The van der Waals surface area contributed by atoms with Gasteiger partial charge in [0.15, 0.2) is 0 Å². The predicted molar refractivity (Wildman–Crippen MR) is 70.2 cm³/mol. The highest BCUT2D eigenvalue weighted by atomic mass is 31.1. The molecule has 0 saturated carbocycles. The maximum Gasteiger partial charge on any atom is 0.00439 e. The lowest BCUT2D eigenvalue weighted by Gasteiger charge is -2.29. The van der Waals surface area contributed by atoms with Gasteiger partial charge in [0.05, 0.1) is 0 Å². The Kier molecular flexibility index (Phi) is 3.07. The van der Waals surface area contributed by atoms with Crippen LogP contribution in [0.5, 0.6) is 0 Å². The van der Waals surface area contributed by atoms with Crippen molar-refractivity contribution in [3.8, 4) is 0 Å². The molecule has 1 heteroatoms. The van der Waals surface area contributed by atoms with E-state index in [-0.39, 0.29) is 0 Å². The second-order valence-electron chi connectivity index (χ2n) is 4.51. The van der Waals surface area contributed by atoms with Gasteiger partial charge in [0.2, 0.25) is 0 Å². The minimum atomic E-state index is 0.338. The van der Waals surface area contributed by atoms with E-state index in [0.29, 0.717) is 11.1 Å². The van der Waals surface area contributed by atoms with Crippen LogP contribution in [0, 0.1) is 5.92 Å². The van der Waals surface area contributed by atoms with E-state index in [1.807, 2.05) is 0 Å². The Morgan fingerprint density at radius 3 is 2.20 bits per heavy atom. The summed E-state index contributed by atoms with van der Waals surface area (Å²) in [5.41, 5.74) is 0. The molecule has 0 aliphatic heterocycles. The van der Waals surface area contributed by atoms with E-state index in [4.69, 9.17) is 0 Å². The van der Waals surface area contributed by atoms with Gasteiger partial charge in [-0.2, -0.15) is 0 Å². The van der Waals surface area contributed by atoms with Crippen molar-refractivity contribution in [3.63, 3.8) is 0 Å². The highest BCUT2D eigenvalue weighted by Gasteiger charge is 2.26. The van der Waals surface area contributed by atoms with Gasteiger partial charge in [-0.15, -0.1) is 0 Å². The monoisotopic (exact) mass is 216 g/mol. The van der Waals surface area contributed by atoms with Gasteiger partial charge in [-0.25, -0.2) is 0 Å². The lowest BCUT2D eigenvalue weighted by Crippen LogP contribution is -2.24. The maximum absolute atomic E-state index is 2.35. The van der Waals surface area contributed by atoms with Gasteiger partial charge in [0.1, 0.15) is 0 Å². The summed E-state index contributed by atoms with van der Waals surface area (Å²) in [7, 11) is 0.863. The van der Waals surface area contributed by atoms with Gasteiger partial charge in [0.25, 0.3) is 0 Å². The van der Waals surface area contributed by atoms with Crippen molar-refractivity contribution in [2.45, 2.75) is 19.0 Å². The van der Waals surface area contributed by atoms with Crippen molar-refractivity contribution in [2.75, 3.05) is 0 Å². The van der Waals surface area contributed by atoms with Crippen molar-refractivity contribution in [1.82, 2.24) is 0 Å². The fourth-order valence-corrected chi connectivity index (χ4v) is 3.35. The van der Waals surface area contributed by atoms with Crippen molar-refractivity contribution in [3.05, 3.63) is 54.6 Å². The fourth-order valence-electron chi connectivity index (χ4n) is 1.89. The van der Waals surface area contributed by atoms with E-state index < -0.39 is 0 Å². The van der Waals surface area contributed by atoms with Crippen LogP contribution in [0.15, 0.2) is 54.6 Å². The summed E-state index contributed by atoms with van der Waals surface area (Å²) in [4.78, 5) is 0. The molecule has 0 N–H and O–H groups in total. The molecule has 0 aromatic heterocycles. The largest absolute Gasteiger partial charge is 0.0837 e. The summed E-state index contributed by atoms with van der Waals surface area (Å²) >= 11 is 0. The quantitative estimate of drug-likeness (QED) is 0.678. The van der Waals surface area contributed by atoms with Gasteiger partial charge in [-0.05, 0) is 10.5 Å². The second-order valence-corrected chi connectivity index (χ2v) is 6.62. The average Bonchev–Trinajstić information content (AvgIpc) is 2.71. The van der Waals surface area contributed by atoms with Crippen LogP contribution >= 0.6 is 8.58 Å². The predicted octanol–water partition coefficient (Wildman–Crippen LogP) is 3.51. The zero-order valence-corrected chi connectivity index (χ0v) is 10.3. The topological polar surface area (TPSA) is 0 Å². The molecular formula is C14H17P. The molecule has 1 atom stereocenters. The molecule has 0 bridgehead atoms. The maximum atomic E-state index is 2.35. The molecule has 0 heterocycles. The third-order valence-electron chi connectivity index (χ3n) is 2.82. The van der Waals surface area contributed by atoms with Crippen LogP contribution < -0.4 is 5.30 Å². The Morgan fingerprint density at radius 2 is 1.60 bits per heavy atom. The van der Waals surface area contributed by atoms with Crippen molar-refractivity contribution in [1.29, 1.82) is 0 Å². The van der Waals surface area contributed by atoms with Crippen molar-refractivity contribution < 1.29 is 0 Å². The van der Waals surface area contributed by atoms with Crippen LogP contribution in [0.1, 0.15) is 13.8 Å². The van der Waals surface area contributed by atoms with E-state index >= 15 is 0 Å². The normalized spacial score (nSPS) is 16.9. The number of benzene rings is 1. The molecule has 1 unspecified atom stereocenters. The summed E-state index contributed by atoms with van der Waals surface area (Å²) in [5.74, 6) is 0.594. The highest BCUT2D eigenvalue weighted by Crippen LogP contribution is 2.40. The van der Waals surface area contributed by atoms with Gasteiger partial charge >= 0.3 is 0 Å². The fraction of sp³-hybridized carbons (Fsp3) is 0.286. The van der Waals surface area contributed by atoms with E-state index in [9.17, 15) is 0 Å². The zero-order valence-electron chi connectivity index (χ0n) is 9.27. The Balaban J connectivity index is 2.10. The number of allylic oxidation sites excluding steroid dienone is 4. The van der Waals surface area contributed by atoms with Crippen LogP contribution in [0.3, 0.4) is 0 Å². The number of hydrogen-bond acceptors (Lipinski definition) is 0. The number of rotatable bonds is 3. The Hall–Kier alpha value is -0.870. The summed E-state index contributed by atoms with van der Waals surface area (Å²) < 4.78 is 0. The first-order valence-electron chi connectivity index (χ1n) is 5.37. The lowest BCUT2D eigenvalue weighted by molar-refractivity contribution is 0.607. The van der Waals surface area contributed by atoms with E-state index in [0.717, 1.165) is 8.58 Å². The van der Waals surface area contributed by atoms with Crippen LogP contribution in [0.4, 0.5) is 0 Å². The molecule has 0 nitrogen and oxygen atoms in total. The summed E-state index contributed by atoms with van der Waals surface area (Å²) in [6, 6.07) is 10.8. The third-order valence-corrected chi connectivity index (χ3v) is 4.42. The minimum absolute atomic E-state index is 0.338. The van der Waals surface area contributed by atoms with Crippen LogP contribution in [-0.2, 0) is 0 Å². The molecule has 0 amide bonds. The molecule has 0 radical (unpaired) electrons. The van der Waals surface area contributed by atoms with Gasteiger partial charge < -0.3 is 0 Å². The first kappa shape index (κ1) is 10.6. The first-order valence-corrected chi connectivity index (χ1v) is 6.37. The molecule has 0 fully saturated rings. The Labute approximate surface area is 93.9 Å². The van der Waals surface area contributed by atoms with Crippen molar-refractivity contribution >= 4 is 13.9 Å². The van der Waals surface area contributed by atoms with Crippen LogP contribution in [0.2, 0.25) is 0 Å². The standard InChI is InChI=1S/C14H17P/c1-14(2,12-8-6-7-9-12)15-13-10-4-3-5-11-13/h3-12,15H,1-2H3. The summed E-state index contributed by atoms with van der Waals surface area (Å²) in [6.07, 6.45) is 8.91. The SMILES string of the molecule is CC(C)(Pc1ccccc1)C1C=CC=C1. The van der Waals surface area contributed by atoms with Gasteiger partial charge in [0, 0.05) is 5.92 Å². The van der Waals surface area contributed by atoms with Gasteiger partial charge in [-0.1, -0.05) is 77.1 Å². The lowest BCUT2D eigenvalue weighted by atomic mass is 9.97. The molecule has 78 valence electrons. The van der Waals surface area contributed by atoms with Crippen molar-refractivity contribution in [2.24, 2.45) is 5.92 Å². The second kappa shape index (κ2) is 4.33. The molecule has 15 heavy (non-hydrogen) atoms. The average molecular weight is 216 g/mol. The summed E-state index contributed by atoms with van der Waals surface area (Å²) in [5, 5.41) is 1.79. The smallest absolute Gasteiger partial charge is 0.00439 e. The third kappa shape index (κ3) is 2.58. The summed E-state index contributed by atoms with van der Waals surface area (Å²) in [6.45, 7) is 4.70. The molecule has 0 spiro atoms. The first-order chi connectivity index (χ1) is 7.18. The zero-order chi connectivity index (χ0) is 10.7. The highest BCUT2D eigenvalue weighted by molar-refractivity contribution is 7.49. The molecule has 1 aliphatic carbocycles. The molecule has 1 aromatic rings. The van der Waals surface area contributed by atoms with E-state index in [1.165, 1.54) is 5.30 Å². The van der Waals surface area contributed by atoms with Crippen LogP contribution in [-0.4, -0.2) is 5.16 Å². The molecule has 2 rings (SSSR count).